The number of hydrogen-bond donors (Lipinski definition) is 2. The first kappa shape index (κ1) is 18.3. The van der Waals surface area contributed by atoms with E-state index in [1.807, 2.05) is 49.4 Å². The zero-order chi connectivity index (χ0) is 19.1. The minimum Gasteiger partial charge on any atom is -0.504 e. The van der Waals surface area contributed by atoms with E-state index in [9.17, 15) is 9.90 Å². The average molecular weight is 364 g/mol. The summed E-state index contributed by atoms with van der Waals surface area (Å²) in [7, 11) is 0. The van der Waals surface area contributed by atoms with Gasteiger partial charge in [0, 0.05) is 0 Å². The molecule has 0 aromatic heterocycles. The number of amides is 1. The van der Waals surface area contributed by atoms with Gasteiger partial charge in [0.15, 0.2) is 18.1 Å². The number of hydrazone groups is 1. The molecule has 0 atom stereocenters. The summed E-state index contributed by atoms with van der Waals surface area (Å²) in [6.07, 6.45) is 1.47. The molecule has 3 rings (SSSR count). The molecule has 2 N–H and O–H groups in total. The maximum atomic E-state index is 11.9. The van der Waals surface area contributed by atoms with E-state index in [0.717, 1.165) is 10.8 Å². The first-order chi connectivity index (χ1) is 13.2. The number of rotatable bonds is 7. The van der Waals surface area contributed by atoms with Gasteiger partial charge in [0.1, 0.15) is 5.75 Å². The molecule has 0 aliphatic heterocycles. The first-order valence-electron chi connectivity index (χ1n) is 8.55. The number of ether oxygens (including phenoxy) is 2. The van der Waals surface area contributed by atoms with E-state index in [4.69, 9.17) is 9.47 Å². The normalized spacial score (nSPS) is 10.9. The molecule has 0 fully saturated rings. The number of phenols is 1. The number of carbonyl (C=O) groups excluding carboxylic acids is 1. The van der Waals surface area contributed by atoms with Crippen molar-refractivity contribution in [3.8, 4) is 17.2 Å². The van der Waals surface area contributed by atoms with Crippen molar-refractivity contribution in [1.29, 1.82) is 0 Å². The molecule has 1 amide bonds. The Hall–Kier alpha value is -3.54. The third-order valence-corrected chi connectivity index (χ3v) is 3.78. The lowest BCUT2D eigenvalue weighted by atomic mass is 10.1. The van der Waals surface area contributed by atoms with Crippen molar-refractivity contribution < 1.29 is 19.4 Å². The van der Waals surface area contributed by atoms with Crippen LogP contribution >= 0.6 is 0 Å². The molecule has 3 aromatic rings. The maximum Gasteiger partial charge on any atom is 0.277 e. The molecule has 138 valence electrons. The predicted molar refractivity (Wildman–Crippen MR) is 104 cm³/mol. The Morgan fingerprint density at radius 2 is 1.89 bits per heavy atom. The molecule has 0 radical (unpaired) electrons. The van der Waals surface area contributed by atoms with Gasteiger partial charge in [-0.05, 0) is 53.6 Å². The van der Waals surface area contributed by atoms with Gasteiger partial charge in [-0.1, -0.05) is 30.3 Å². The van der Waals surface area contributed by atoms with E-state index in [1.165, 1.54) is 12.3 Å². The van der Waals surface area contributed by atoms with Crippen LogP contribution in [0.1, 0.15) is 12.5 Å². The summed E-state index contributed by atoms with van der Waals surface area (Å²) in [5.74, 6) is 0.671. The van der Waals surface area contributed by atoms with Crippen LogP contribution in [0.4, 0.5) is 0 Å². The second-order valence-corrected chi connectivity index (χ2v) is 5.75. The molecule has 0 spiro atoms. The smallest absolute Gasteiger partial charge is 0.277 e. The van der Waals surface area contributed by atoms with Crippen LogP contribution in [0.5, 0.6) is 17.2 Å². The highest BCUT2D eigenvalue weighted by atomic mass is 16.5. The van der Waals surface area contributed by atoms with Crippen molar-refractivity contribution in [2.24, 2.45) is 5.10 Å². The standard InChI is InChI=1S/C21H20N2O4/c1-2-26-20-11-15(7-10-19(20)24)13-22-23-21(25)14-27-18-9-8-16-5-3-4-6-17(16)12-18/h3-13,24H,2,14H2,1H3,(H,23,25). The SMILES string of the molecule is CCOc1cc(C=NNC(=O)COc2ccc3ccccc3c2)ccc1O. The average Bonchev–Trinajstić information content (AvgIpc) is 2.69. The summed E-state index contributed by atoms with van der Waals surface area (Å²) in [5.41, 5.74) is 3.09. The Morgan fingerprint density at radius 3 is 2.70 bits per heavy atom. The Morgan fingerprint density at radius 1 is 1.07 bits per heavy atom. The van der Waals surface area contributed by atoms with Crippen LogP contribution in [0.2, 0.25) is 0 Å². The Kier molecular flexibility index (Phi) is 5.89. The second kappa shape index (κ2) is 8.71. The van der Waals surface area contributed by atoms with Gasteiger partial charge in [0.25, 0.3) is 5.91 Å². The minimum absolute atomic E-state index is 0.0572. The molecular formula is C21H20N2O4. The molecule has 0 aliphatic rings. The summed E-state index contributed by atoms with van der Waals surface area (Å²) in [4.78, 5) is 11.9. The van der Waals surface area contributed by atoms with Gasteiger partial charge in [-0.3, -0.25) is 4.79 Å². The van der Waals surface area contributed by atoms with Crippen molar-refractivity contribution in [3.63, 3.8) is 0 Å². The molecule has 3 aromatic carbocycles. The summed E-state index contributed by atoms with van der Waals surface area (Å²) >= 11 is 0. The lowest BCUT2D eigenvalue weighted by molar-refractivity contribution is -0.123. The van der Waals surface area contributed by atoms with Crippen LogP contribution in [0.3, 0.4) is 0 Å². The van der Waals surface area contributed by atoms with Crippen LogP contribution in [0.25, 0.3) is 10.8 Å². The number of phenolic OH excluding ortho intramolecular Hbond substituents is 1. The van der Waals surface area contributed by atoms with Crippen molar-refractivity contribution >= 4 is 22.9 Å². The quantitative estimate of drug-likeness (QED) is 0.497. The van der Waals surface area contributed by atoms with E-state index in [0.29, 0.717) is 23.7 Å². The third-order valence-electron chi connectivity index (χ3n) is 3.78. The Bertz CT molecular complexity index is 969. The van der Waals surface area contributed by atoms with E-state index in [-0.39, 0.29) is 18.3 Å². The highest BCUT2D eigenvalue weighted by molar-refractivity contribution is 5.85. The molecule has 27 heavy (non-hydrogen) atoms. The zero-order valence-corrected chi connectivity index (χ0v) is 14.9. The van der Waals surface area contributed by atoms with Crippen molar-refractivity contribution in [2.75, 3.05) is 13.2 Å². The van der Waals surface area contributed by atoms with Gasteiger partial charge >= 0.3 is 0 Å². The minimum atomic E-state index is -0.372. The molecule has 0 aliphatic carbocycles. The fourth-order valence-electron chi connectivity index (χ4n) is 2.50. The predicted octanol–water partition coefficient (Wildman–Crippen LogP) is 3.47. The van der Waals surface area contributed by atoms with Gasteiger partial charge in [-0.15, -0.1) is 0 Å². The number of nitrogens with zero attached hydrogens (tertiary/aromatic N) is 1. The number of nitrogens with one attached hydrogen (secondary N) is 1. The third kappa shape index (κ3) is 4.98. The highest BCUT2D eigenvalue weighted by Gasteiger charge is 2.04. The van der Waals surface area contributed by atoms with Crippen LogP contribution in [0, 0.1) is 0 Å². The zero-order valence-electron chi connectivity index (χ0n) is 14.9. The van der Waals surface area contributed by atoms with Crippen molar-refractivity contribution in [1.82, 2.24) is 5.43 Å². The van der Waals surface area contributed by atoms with E-state index in [2.05, 4.69) is 10.5 Å². The van der Waals surface area contributed by atoms with Crippen LogP contribution in [-0.2, 0) is 4.79 Å². The van der Waals surface area contributed by atoms with Gasteiger partial charge in [-0.25, -0.2) is 5.43 Å². The second-order valence-electron chi connectivity index (χ2n) is 5.75. The van der Waals surface area contributed by atoms with E-state index < -0.39 is 0 Å². The number of aromatic hydroxyl groups is 1. The van der Waals surface area contributed by atoms with E-state index >= 15 is 0 Å². The molecule has 0 bridgehead atoms. The van der Waals surface area contributed by atoms with Crippen molar-refractivity contribution in [3.05, 3.63) is 66.2 Å². The summed E-state index contributed by atoms with van der Waals surface area (Å²) in [5, 5.41) is 15.7. The Labute approximate surface area is 157 Å². The fraction of sp³-hybridized carbons (Fsp3) is 0.143. The largest absolute Gasteiger partial charge is 0.504 e. The summed E-state index contributed by atoms with van der Waals surface area (Å²) in [6.45, 7) is 2.13. The van der Waals surface area contributed by atoms with Gasteiger partial charge < -0.3 is 14.6 Å². The van der Waals surface area contributed by atoms with Gasteiger partial charge in [0.05, 0.1) is 12.8 Å². The molecule has 6 heteroatoms. The number of benzene rings is 3. The summed E-state index contributed by atoms with van der Waals surface area (Å²) in [6, 6.07) is 18.4. The summed E-state index contributed by atoms with van der Waals surface area (Å²) < 4.78 is 10.8. The molecule has 0 saturated carbocycles. The molecule has 0 unspecified atom stereocenters. The number of carbonyl (C=O) groups is 1. The molecule has 0 heterocycles. The highest BCUT2D eigenvalue weighted by Crippen LogP contribution is 2.26. The topological polar surface area (TPSA) is 80.2 Å². The van der Waals surface area contributed by atoms with Gasteiger partial charge in [0.2, 0.25) is 0 Å². The first-order valence-corrected chi connectivity index (χ1v) is 8.55. The van der Waals surface area contributed by atoms with Crippen LogP contribution in [0.15, 0.2) is 65.8 Å². The molecule has 6 nitrogen and oxygen atoms in total. The monoisotopic (exact) mass is 364 g/mol. The van der Waals surface area contributed by atoms with E-state index in [1.54, 1.807) is 12.1 Å². The Balaban J connectivity index is 1.53. The molecule has 0 saturated heterocycles. The maximum absolute atomic E-state index is 11.9. The number of hydrogen-bond acceptors (Lipinski definition) is 5. The van der Waals surface area contributed by atoms with Gasteiger partial charge in [-0.2, -0.15) is 5.10 Å². The van der Waals surface area contributed by atoms with Crippen LogP contribution < -0.4 is 14.9 Å². The van der Waals surface area contributed by atoms with Crippen molar-refractivity contribution in [2.45, 2.75) is 6.92 Å². The lowest BCUT2D eigenvalue weighted by Gasteiger charge is -2.07. The number of fused-ring (bicyclic) bond motifs is 1. The molecular weight excluding hydrogens is 344 g/mol. The van der Waals surface area contributed by atoms with Crippen LogP contribution in [-0.4, -0.2) is 30.4 Å². The lowest BCUT2D eigenvalue weighted by Crippen LogP contribution is -2.24. The fourth-order valence-corrected chi connectivity index (χ4v) is 2.50.